The van der Waals surface area contributed by atoms with Crippen molar-refractivity contribution >= 4 is 34.8 Å². The van der Waals surface area contributed by atoms with Gasteiger partial charge in [-0.15, -0.1) is 0 Å². The molecule has 0 saturated heterocycles. The first-order valence-corrected chi connectivity index (χ1v) is 5.04. The molecule has 15 heavy (non-hydrogen) atoms. The highest BCUT2D eigenvalue weighted by molar-refractivity contribution is 6.46. The van der Waals surface area contributed by atoms with Crippen LogP contribution in [0.2, 0.25) is 15.1 Å². The number of halogens is 3. The van der Waals surface area contributed by atoms with Crippen molar-refractivity contribution < 1.29 is 14.2 Å². The minimum atomic E-state index is 0.196. The topological polar surface area (TPSA) is 27.7 Å². The molecule has 84 valence electrons. The van der Waals surface area contributed by atoms with Gasteiger partial charge in [0.25, 0.3) is 0 Å². The average molecular weight is 272 g/mol. The van der Waals surface area contributed by atoms with Crippen LogP contribution in [0, 0.1) is 0 Å². The quantitative estimate of drug-likeness (QED) is 0.785. The fourth-order valence-corrected chi connectivity index (χ4v) is 2.03. The van der Waals surface area contributed by atoms with E-state index in [1.807, 2.05) is 0 Å². The van der Waals surface area contributed by atoms with Gasteiger partial charge in [0.1, 0.15) is 15.1 Å². The van der Waals surface area contributed by atoms with Crippen molar-refractivity contribution in [2.24, 2.45) is 0 Å². The van der Waals surface area contributed by atoms with E-state index in [1.165, 1.54) is 21.3 Å². The molecule has 6 heteroatoms. The first-order chi connectivity index (χ1) is 7.08. The molecule has 0 aliphatic rings. The van der Waals surface area contributed by atoms with Gasteiger partial charge in [-0.05, 0) is 0 Å². The molecule has 0 radical (unpaired) electrons. The summed E-state index contributed by atoms with van der Waals surface area (Å²) in [7, 11) is 4.34. The number of methoxy groups -OCH3 is 3. The van der Waals surface area contributed by atoms with Crippen molar-refractivity contribution in [3.63, 3.8) is 0 Å². The van der Waals surface area contributed by atoms with Gasteiger partial charge in [0.15, 0.2) is 17.2 Å². The zero-order valence-electron chi connectivity index (χ0n) is 8.36. The third-order valence-corrected chi connectivity index (χ3v) is 2.97. The Bertz CT molecular complexity index is 380. The maximum absolute atomic E-state index is 6.00. The molecular weight excluding hydrogens is 262 g/mol. The van der Waals surface area contributed by atoms with Crippen LogP contribution in [0.5, 0.6) is 17.2 Å². The van der Waals surface area contributed by atoms with Crippen LogP contribution >= 0.6 is 34.8 Å². The Hall–Kier alpha value is -0.510. The first-order valence-electron chi connectivity index (χ1n) is 3.90. The van der Waals surface area contributed by atoms with Crippen LogP contribution in [-0.2, 0) is 0 Å². The summed E-state index contributed by atoms with van der Waals surface area (Å²) in [5.41, 5.74) is 0. The molecule has 0 N–H and O–H groups in total. The Balaban J connectivity index is 3.57. The van der Waals surface area contributed by atoms with E-state index < -0.39 is 0 Å². The predicted octanol–water partition coefficient (Wildman–Crippen LogP) is 3.67. The third kappa shape index (κ3) is 2.05. The van der Waals surface area contributed by atoms with E-state index in [0.29, 0.717) is 5.75 Å². The van der Waals surface area contributed by atoms with Crippen LogP contribution in [0.4, 0.5) is 0 Å². The molecule has 0 aromatic heterocycles. The highest BCUT2D eigenvalue weighted by Crippen LogP contribution is 2.51. The Kier molecular flexibility index (Phi) is 4.20. The van der Waals surface area contributed by atoms with Crippen molar-refractivity contribution in [2.45, 2.75) is 0 Å². The lowest BCUT2D eigenvalue weighted by molar-refractivity contribution is 0.349. The summed E-state index contributed by atoms with van der Waals surface area (Å²) in [6.07, 6.45) is 0. The van der Waals surface area contributed by atoms with Crippen molar-refractivity contribution in [1.82, 2.24) is 0 Å². The Morgan fingerprint density at radius 2 is 0.933 bits per heavy atom. The second-order valence-corrected chi connectivity index (χ2v) is 3.68. The van der Waals surface area contributed by atoms with Gasteiger partial charge in [-0.2, -0.15) is 0 Å². The maximum atomic E-state index is 6.00. The molecule has 0 atom stereocenters. The summed E-state index contributed by atoms with van der Waals surface area (Å²) in [6, 6.07) is 0. The average Bonchev–Trinajstić information content (AvgIpc) is 2.23. The van der Waals surface area contributed by atoms with Gasteiger partial charge in [0.05, 0.1) is 21.3 Å². The van der Waals surface area contributed by atoms with Crippen molar-refractivity contribution in [3.8, 4) is 17.2 Å². The van der Waals surface area contributed by atoms with Gasteiger partial charge in [-0.3, -0.25) is 0 Å². The van der Waals surface area contributed by atoms with E-state index in [0.717, 1.165) is 0 Å². The highest BCUT2D eigenvalue weighted by Gasteiger charge is 2.23. The minimum Gasteiger partial charge on any atom is -0.493 e. The summed E-state index contributed by atoms with van der Waals surface area (Å²) in [6.45, 7) is 0. The Morgan fingerprint density at radius 1 is 0.600 bits per heavy atom. The summed E-state index contributed by atoms with van der Waals surface area (Å²) in [5, 5.41) is 0.630. The number of benzene rings is 1. The van der Waals surface area contributed by atoms with E-state index in [1.54, 1.807) is 0 Å². The molecule has 0 heterocycles. The monoisotopic (exact) mass is 270 g/mol. The molecule has 3 nitrogen and oxygen atoms in total. The SMILES string of the molecule is COc1c(Cl)c(Cl)c(OC)c(OC)c1Cl. The lowest BCUT2D eigenvalue weighted by Crippen LogP contribution is -1.96. The Labute approximate surface area is 103 Å². The van der Waals surface area contributed by atoms with E-state index in [4.69, 9.17) is 49.0 Å². The second kappa shape index (κ2) is 5.01. The van der Waals surface area contributed by atoms with Crippen molar-refractivity contribution in [1.29, 1.82) is 0 Å². The number of hydrogen-bond donors (Lipinski definition) is 0. The lowest BCUT2D eigenvalue weighted by Gasteiger charge is -2.15. The van der Waals surface area contributed by atoms with Gasteiger partial charge in [0, 0.05) is 0 Å². The zero-order chi connectivity index (χ0) is 11.6. The van der Waals surface area contributed by atoms with Gasteiger partial charge in [0.2, 0.25) is 0 Å². The van der Waals surface area contributed by atoms with Gasteiger partial charge >= 0.3 is 0 Å². The van der Waals surface area contributed by atoms with E-state index in [9.17, 15) is 0 Å². The summed E-state index contributed by atoms with van der Waals surface area (Å²) in [5.74, 6) is 0.848. The molecular formula is C9H9Cl3O3. The van der Waals surface area contributed by atoms with Crippen molar-refractivity contribution in [3.05, 3.63) is 15.1 Å². The van der Waals surface area contributed by atoms with Crippen LogP contribution in [0.15, 0.2) is 0 Å². The maximum Gasteiger partial charge on any atom is 0.184 e. The largest absolute Gasteiger partial charge is 0.493 e. The number of rotatable bonds is 3. The second-order valence-electron chi connectivity index (χ2n) is 2.54. The molecule has 0 aliphatic carbocycles. The fourth-order valence-electron chi connectivity index (χ4n) is 1.14. The first kappa shape index (κ1) is 12.6. The fraction of sp³-hybridized carbons (Fsp3) is 0.333. The summed E-state index contributed by atoms with van der Waals surface area (Å²) >= 11 is 17.9. The van der Waals surface area contributed by atoms with Crippen LogP contribution in [0.25, 0.3) is 0 Å². The zero-order valence-corrected chi connectivity index (χ0v) is 10.6. The molecule has 0 aliphatic heterocycles. The minimum absolute atomic E-state index is 0.196. The number of hydrogen-bond acceptors (Lipinski definition) is 3. The smallest absolute Gasteiger partial charge is 0.184 e. The van der Waals surface area contributed by atoms with Crippen LogP contribution in [-0.4, -0.2) is 21.3 Å². The summed E-state index contributed by atoms with van der Waals surface area (Å²) in [4.78, 5) is 0. The van der Waals surface area contributed by atoms with Crippen LogP contribution in [0.3, 0.4) is 0 Å². The molecule has 0 fully saturated rings. The summed E-state index contributed by atoms with van der Waals surface area (Å²) < 4.78 is 15.1. The van der Waals surface area contributed by atoms with Gasteiger partial charge < -0.3 is 14.2 Å². The van der Waals surface area contributed by atoms with E-state index in [-0.39, 0.29) is 26.6 Å². The molecule has 0 amide bonds. The molecule has 0 unspecified atom stereocenters. The molecule has 0 saturated carbocycles. The number of ether oxygens (including phenoxy) is 3. The van der Waals surface area contributed by atoms with Crippen LogP contribution < -0.4 is 14.2 Å². The molecule has 1 rings (SSSR count). The Morgan fingerprint density at radius 3 is 1.33 bits per heavy atom. The van der Waals surface area contributed by atoms with Gasteiger partial charge in [-0.25, -0.2) is 0 Å². The molecule has 1 aromatic carbocycles. The van der Waals surface area contributed by atoms with Crippen LogP contribution in [0.1, 0.15) is 0 Å². The standard InChI is InChI=1S/C9H9Cl3O3/c1-13-7-4(10)5(11)8(14-2)9(15-3)6(7)12/h1-3H3. The molecule has 1 aromatic rings. The lowest BCUT2D eigenvalue weighted by atomic mass is 10.3. The predicted molar refractivity (Wildman–Crippen MR) is 61.1 cm³/mol. The van der Waals surface area contributed by atoms with Crippen molar-refractivity contribution in [2.75, 3.05) is 21.3 Å². The van der Waals surface area contributed by atoms with E-state index in [2.05, 4.69) is 0 Å². The highest BCUT2D eigenvalue weighted by atomic mass is 35.5. The third-order valence-electron chi connectivity index (χ3n) is 1.81. The molecule has 0 bridgehead atoms. The van der Waals surface area contributed by atoms with Gasteiger partial charge in [-0.1, -0.05) is 34.8 Å². The normalized spacial score (nSPS) is 10.0. The van der Waals surface area contributed by atoms with E-state index >= 15 is 0 Å². The molecule has 0 spiro atoms.